The van der Waals surface area contributed by atoms with Gasteiger partial charge in [0.15, 0.2) is 0 Å². The highest BCUT2D eigenvalue weighted by Crippen LogP contribution is 2.18. The first kappa shape index (κ1) is 18.4. The van der Waals surface area contributed by atoms with Crippen LogP contribution in [0.3, 0.4) is 0 Å². The number of nitrogens with zero attached hydrogens (tertiary/aromatic N) is 4. The molecule has 1 N–H and O–H groups in total. The van der Waals surface area contributed by atoms with E-state index in [-0.39, 0.29) is 17.3 Å². The maximum atomic E-state index is 13.1. The molecule has 2 heterocycles. The second-order valence-electron chi connectivity index (χ2n) is 6.24. The van der Waals surface area contributed by atoms with Crippen molar-refractivity contribution < 1.29 is 9.18 Å². The number of nitriles is 1. The molecule has 0 unspecified atom stereocenters. The molecule has 0 atom stereocenters. The van der Waals surface area contributed by atoms with Gasteiger partial charge >= 0.3 is 0 Å². The zero-order chi connectivity index (χ0) is 19.2. The van der Waals surface area contributed by atoms with Crippen molar-refractivity contribution in [1.29, 1.82) is 5.26 Å². The van der Waals surface area contributed by atoms with Gasteiger partial charge in [0.05, 0.1) is 0 Å². The maximum absolute atomic E-state index is 13.1. The zero-order valence-electron chi connectivity index (χ0n) is 15.0. The summed E-state index contributed by atoms with van der Waals surface area (Å²) in [4.78, 5) is 20.6. The number of nitrogens with one attached hydrogen (secondary N) is 1. The highest BCUT2D eigenvalue weighted by molar-refractivity contribution is 5.97. The van der Waals surface area contributed by atoms with Crippen molar-refractivity contribution in [2.24, 2.45) is 0 Å². The van der Waals surface area contributed by atoms with Crippen LogP contribution >= 0.6 is 0 Å². The fourth-order valence-electron chi connectivity index (χ4n) is 2.91. The van der Waals surface area contributed by atoms with Crippen LogP contribution in [0.25, 0.3) is 0 Å². The maximum Gasteiger partial charge on any atom is 0.266 e. The van der Waals surface area contributed by atoms with Crippen LogP contribution in [0, 0.1) is 24.1 Å². The van der Waals surface area contributed by atoms with Gasteiger partial charge in [-0.2, -0.15) is 5.26 Å². The predicted octanol–water partition coefficient (Wildman–Crippen LogP) is 2.70. The molecule has 1 aliphatic rings. The molecule has 7 heteroatoms. The lowest BCUT2D eigenvalue weighted by molar-refractivity contribution is -0.127. The van der Waals surface area contributed by atoms with E-state index in [1.54, 1.807) is 23.2 Å². The number of piperazine rings is 1. The van der Waals surface area contributed by atoms with Gasteiger partial charge in [0.25, 0.3) is 5.91 Å². The molecule has 1 saturated heterocycles. The average molecular weight is 365 g/mol. The molecule has 1 aromatic heterocycles. The fourth-order valence-corrected chi connectivity index (χ4v) is 2.91. The van der Waals surface area contributed by atoms with E-state index in [0.29, 0.717) is 32.0 Å². The monoisotopic (exact) mass is 365 g/mol. The quantitative estimate of drug-likeness (QED) is 0.666. The number of pyridine rings is 1. The van der Waals surface area contributed by atoms with Crippen molar-refractivity contribution in [3.05, 3.63) is 65.7 Å². The van der Waals surface area contributed by atoms with E-state index in [1.807, 2.05) is 25.1 Å². The van der Waals surface area contributed by atoms with Gasteiger partial charge in [-0.15, -0.1) is 0 Å². The average Bonchev–Trinajstić information content (AvgIpc) is 2.70. The first-order chi connectivity index (χ1) is 13.1. The van der Waals surface area contributed by atoms with E-state index < -0.39 is 0 Å². The molecule has 0 spiro atoms. The van der Waals surface area contributed by atoms with Crippen molar-refractivity contribution >= 4 is 17.4 Å². The van der Waals surface area contributed by atoms with Crippen LogP contribution in [0.15, 0.2) is 54.4 Å². The van der Waals surface area contributed by atoms with Crippen molar-refractivity contribution in [3.8, 4) is 6.07 Å². The molecular weight excluding hydrogens is 345 g/mol. The smallest absolute Gasteiger partial charge is 0.266 e. The number of benzene rings is 1. The Labute approximate surface area is 157 Å². The van der Waals surface area contributed by atoms with Crippen molar-refractivity contribution in [1.82, 2.24) is 9.88 Å². The van der Waals surface area contributed by atoms with E-state index in [2.05, 4.69) is 15.2 Å². The molecular formula is C20H20FN5O. The molecule has 6 nitrogen and oxygen atoms in total. The highest BCUT2D eigenvalue weighted by atomic mass is 19.1. The second kappa shape index (κ2) is 8.32. The number of rotatable bonds is 4. The Hall–Kier alpha value is -3.40. The third kappa shape index (κ3) is 4.42. The number of halogens is 1. The topological polar surface area (TPSA) is 72.3 Å². The van der Waals surface area contributed by atoms with E-state index in [1.165, 1.54) is 18.3 Å². The van der Waals surface area contributed by atoms with Gasteiger partial charge in [-0.1, -0.05) is 6.07 Å². The molecule has 0 bridgehead atoms. The van der Waals surface area contributed by atoms with E-state index in [0.717, 1.165) is 11.3 Å². The molecule has 3 rings (SSSR count). The number of anilines is 2. The van der Waals surface area contributed by atoms with E-state index >= 15 is 0 Å². The van der Waals surface area contributed by atoms with Crippen LogP contribution in [-0.4, -0.2) is 42.0 Å². The molecule has 138 valence electrons. The molecule has 0 saturated carbocycles. The third-order valence-electron chi connectivity index (χ3n) is 4.47. The minimum absolute atomic E-state index is 0.0373. The van der Waals surface area contributed by atoms with Gasteiger partial charge in [0, 0.05) is 44.3 Å². The van der Waals surface area contributed by atoms with Crippen LogP contribution in [0.1, 0.15) is 5.56 Å². The molecule has 27 heavy (non-hydrogen) atoms. The van der Waals surface area contributed by atoms with Crippen LogP contribution in [-0.2, 0) is 4.79 Å². The molecule has 0 radical (unpaired) electrons. The third-order valence-corrected chi connectivity index (χ3v) is 4.47. The number of amides is 1. The number of aromatic nitrogens is 1. The number of aryl methyl sites for hydroxylation is 1. The van der Waals surface area contributed by atoms with Gasteiger partial charge in [-0.3, -0.25) is 4.79 Å². The summed E-state index contributed by atoms with van der Waals surface area (Å²) in [5.41, 5.74) is 1.88. The van der Waals surface area contributed by atoms with Crippen LogP contribution < -0.4 is 10.2 Å². The fraction of sp³-hybridized carbons (Fsp3) is 0.250. The minimum Gasteiger partial charge on any atom is -0.368 e. The summed E-state index contributed by atoms with van der Waals surface area (Å²) in [5.74, 6) is 0.0310. The Morgan fingerprint density at radius 2 is 1.93 bits per heavy atom. The van der Waals surface area contributed by atoms with Gasteiger partial charge in [0.2, 0.25) is 0 Å². The Balaban J connectivity index is 1.62. The number of hydrogen-bond donors (Lipinski definition) is 1. The SMILES string of the molecule is Cc1cccnc1N/C=C(/C#N)C(=O)N1CCN(c2ccc(F)cc2)CC1. The Bertz CT molecular complexity index is 880. The second-order valence-corrected chi connectivity index (χ2v) is 6.24. The molecule has 1 aromatic carbocycles. The summed E-state index contributed by atoms with van der Waals surface area (Å²) in [5, 5.41) is 12.3. The lowest BCUT2D eigenvalue weighted by atomic mass is 10.2. The first-order valence-electron chi connectivity index (χ1n) is 8.66. The van der Waals surface area contributed by atoms with Crippen LogP contribution in [0.5, 0.6) is 0 Å². The summed E-state index contributed by atoms with van der Waals surface area (Å²) in [7, 11) is 0. The summed E-state index contributed by atoms with van der Waals surface area (Å²) in [6.07, 6.45) is 3.05. The van der Waals surface area contributed by atoms with Crippen molar-refractivity contribution in [3.63, 3.8) is 0 Å². The van der Waals surface area contributed by atoms with Crippen LogP contribution in [0.4, 0.5) is 15.9 Å². The van der Waals surface area contributed by atoms with E-state index in [9.17, 15) is 14.4 Å². The summed E-state index contributed by atoms with van der Waals surface area (Å²) in [6.45, 7) is 4.15. The lowest BCUT2D eigenvalue weighted by Crippen LogP contribution is -2.49. The van der Waals surface area contributed by atoms with Gasteiger partial charge in [-0.25, -0.2) is 9.37 Å². The summed E-state index contributed by atoms with van der Waals surface area (Å²) >= 11 is 0. The Morgan fingerprint density at radius 3 is 2.56 bits per heavy atom. The molecule has 1 fully saturated rings. The minimum atomic E-state index is -0.308. The van der Waals surface area contributed by atoms with Gasteiger partial charge in [0.1, 0.15) is 23.3 Å². The van der Waals surface area contributed by atoms with Gasteiger partial charge in [-0.05, 0) is 42.8 Å². The molecule has 1 aliphatic heterocycles. The largest absolute Gasteiger partial charge is 0.368 e. The van der Waals surface area contributed by atoms with Crippen molar-refractivity contribution in [2.75, 3.05) is 36.4 Å². The normalized spacial score (nSPS) is 14.6. The lowest BCUT2D eigenvalue weighted by Gasteiger charge is -2.36. The van der Waals surface area contributed by atoms with E-state index in [4.69, 9.17) is 0 Å². The summed E-state index contributed by atoms with van der Waals surface area (Å²) in [6, 6.07) is 12.0. The number of carbonyl (C=O) groups excluding carboxylic acids is 1. The number of carbonyl (C=O) groups is 1. The Morgan fingerprint density at radius 1 is 1.22 bits per heavy atom. The van der Waals surface area contributed by atoms with Gasteiger partial charge < -0.3 is 15.1 Å². The van der Waals surface area contributed by atoms with Crippen LogP contribution in [0.2, 0.25) is 0 Å². The summed E-state index contributed by atoms with van der Waals surface area (Å²) < 4.78 is 13.1. The molecule has 1 amide bonds. The molecule has 2 aromatic rings. The Kier molecular flexibility index (Phi) is 5.67. The molecule has 0 aliphatic carbocycles. The van der Waals surface area contributed by atoms with Crippen molar-refractivity contribution in [2.45, 2.75) is 6.92 Å². The zero-order valence-corrected chi connectivity index (χ0v) is 15.0. The number of hydrogen-bond acceptors (Lipinski definition) is 5. The highest BCUT2D eigenvalue weighted by Gasteiger charge is 2.24. The standard InChI is InChI=1S/C20H20FN5O/c1-15-3-2-8-23-19(15)24-14-16(13-22)20(27)26-11-9-25(10-12-26)18-6-4-17(21)5-7-18/h2-8,14H,9-12H2,1H3,(H,23,24)/b16-14-. The predicted molar refractivity (Wildman–Crippen MR) is 101 cm³/mol. The first-order valence-corrected chi connectivity index (χ1v) is 8.66.